The molecule has 158 valence electrons. The maximum Gasteiger partial charge on any atom is 0.240 e. The maximum atomic E-state index is 12.3. The Kier molecular flexibility index (Phi) is 8.86. The van der Waals surface area contributed by atoms with Crippen molar-refractivity contribution in [2.75, 3.05) is 29.4 Å². The number of nitrogens with zero attached hydrogens (tertiary/aromatic N) is 1. The van der Waals surface area contributed by atoms with Gasteiger partial charge in [-0.1, -0.05) is 41.9 Å². The summed E-state index contributed by atoms with van der Waals surface area (Å²) in [5.41, 5.74) is 3.76. The van der Waals surface area contributed by atoms with Crippen molar-refractivity contribution in [3.05, 3.63) is 64.2 Å². The second-order valence-corrected chi connectivity index (χ2v) is 10.3. The third kappa shape index (κ3) is 7.57. The molecule has 0 bridgehead atoms. The number of hydrogen-bond donors (Lipinski definition) is 1. The largest absolute Gasteiger partial charge is 0.354 e. The van der Waals surface area contributed by atoms with Gasteiger partial charge in [0, 0.05) is 17.3 Å². The van der Waals surface area contributed by atoms with E-state index in [9.17, 15) is 13.2 Å². The minimum Gasteiger partial charge on any atom is -0.354 e. The highest BCUT2D eigenvalue weighted by Crippen LogP contribution is 2.26. The van der Waals surface area contributed by atoms with Crippen molar-refractivity contribution in [3.8, 4) is 0 Å². The standard InChI is InChI=1S/C21H27ClN2O3S2/c1-16-7-4-5-8-18(16)15-28-12-6-11-23-21(25)14-24(29(3,26)27)20-13-19(22)10-9-17(20)2/h4-5,7-10,13H,6,11-12,14-15H2,1-3H3,(H,23,25). The molecule has 0 aliphatic heterocycles. The zero-order valence-corrected chi connectivity index (χ0v) is 19.3. The molecule has 0 atom stereocenters. The smallest absolute Gasteiger partial charge is 0.240 e. The lowest BCUT2D eigenvalue weighted by Crippen LogP contribution is -2.41. The molecule has 1 N–H and O–H groups in total. The minimum absolute atomic E-state index is 0.267. The van der Waals surface area contributed by atoms with Gasteiger partial charge in [0.2, 0.25) is 15.9 Å². The van der Waals surface area contributed by atoms with Crippen molar-refractivity contribution in [1.29, 1.82) is 0 Å². The van der Waals surface area contributed by atoms with Crippen molar-refractivity contribution < 1.29 is 13.2 Å². The molecule has 0 spiro atoms. The normalized spacial score (nSPS) is 11.3. The topological polar surface area (TPSA) is 66.5 Å². The molecule has 29 heavy (non-hydrogen) atoms. The van der Waals surface area contributed by atoms with Crippen LogP contribution in [0.15, 0.2) is 42.5 Å². The van der Waals surface area contributed by atoms with Crippen LogP contribution in [0.4, 0.5) is 5.69 Å². The van der Waals surface area contributed by atoms with Crippen LogP contribution in [0.5, 0.6) is 0 Å². The van der Waals surface area contributed by atoms with E-state index < -0.39 is 10.0 Å². The molecular formula is C21H27ClN2O3S2. The van der Waals surface area contributed by atoms with E-state index in [1.807, 2.05) is 23.9 Å². The number of halogens is 1. The fourth-order valence-electron chi connectivity index (χ4n) is 2.77. The van der Waals surface area contributed by atoms with E-state index in [0.717, 1.165) is 34.1 Å². The maximum absolute atomic E-state index is 12.3. The van der Waals surface area contributed by atoms with Crippen LogP contribution in [0.1, 0.15) is 23.1 Å². The average Bonchev–Trinajstić information content (AvgIpc) is 2.65. The molecule has 8 heteroatoms. The molecule has 0 saturated heterocycles. The summed E-state index contributed by atoms with van der Waals surface area (Å²) in [6.45, 7) is 4.13. The molecule has 0 aliphatic rings. The second kappa shape index (κ2) is 10.9. The summed E-state index contributed by atoms with van der Waals surface area (Å²) in [7, 11) is -3.62. The Hall–Kier alpha value is -1.70. The molecule has 0 aromatic heterocycles. The van der Waals surface area contributed by atoms with Gasteiger partial charge < -0.3 is 5.32 Å². The molecule has 2 aromatic rings. The zero-order valence-electron chi connectivity index (χ0n) is 16.9. The molecule has 0 fully saturated rings. The number of rotatable bonds is 10. The molecule has 0 radical (unpaired) electrons. The number of anilines is 1. The summed E-state index contributed by atoms with van der Waals surface area (Å²) < 4.78 is 25.5. The Balaban J connectivity index is 1.82. The fraction of sp³-hybridized carbons (Fsp3) is 0.381. The molecule has 0 aliphatic carbocycles. The van der Waals surface area contributed by atoms with Crippen LogP contribution >= 0.6 is 23.4 Å². The van der Waals surface area contributed by atoms with E-state index in [1.165, 1.54) is 11.1 Å². The van der Waals surface area contributed by atoms with Gasteiger partial charge in [-0.15, -0.1) is 0 Å². The fourth-order valence-corrected chi connectivity index (χ4v) is 4.88. The van der Waals surface area contributed by atoms with Crippen LogP contribution < -0.4 is 9.62 Å². The van der Waals surface area contributed by atoms with Gasteiger partial charge in [0.15, 0.2) is 0 Å². The van der Waals surface area contributed by atoms with E-state index in [2.05, 4.69) is 24.4 Å². The van der Waals surface area contributed by atoms with Crippen molar-refractivity contribution in [1.82, 2.24) is 5.32 Å². The van der Waals surface area contributed by atoms with Gasteiger partial charge in [-0.3, -0.25) is 9.10 Å². The van der Waals surface area contributed by atoms with E-state index >= 15 is 0 Å². The Morgan fingerprint density at radius 3 is 2.55 bits per heavy atom. The van der Waals surface area contributed by atoms with Gasteiger partial charge in [-0.2, -0.15) is 11.8 Å². The first-order valence-electron chi connectivity index (χ1n) is 9.31. The van der Waals surface area contributed by atoms with E-state index in [1.54, 1.807) is 25.1 Å². The molecule has 5 nitrogen and oxygen atoms in total. The SMILES string of the molecule is Cc1ccccc1CSCCCNC(=O)CN(c1cc(Cl)ccc1C)S(C)(=O)=O. The Morgan fingerprint density at radius 2 is 1.86 bits per heavy atom. The third-order valence-corrected chi connectivity index (χ3v) is 6.89. The zero-order chi connectivity index (χ0) is 21.4. The number of carbonyl (C=O) groups is 1. The Bertz CT molecular complexity index is 949. The van der Waals surface area contributed by atoms with Crippen molar-refractivity contribution in [2.24, 2.45) is 0 Å². The second-order valence-electron chi connectivity index (χ2n) is 6.88. The summed E-state index contributed by atoms with van der Waals surface area (Å²) in [6, 6.07) is 13.3. The van der Waals surface area contributed by atoms with Crippen LogP contribution in [0.25, 0.3) is 0 Å². The number of carbonyl (C=O) groups excluding carboxylic acids is 1. The van der Waals surface area contributed by atoms with E-state index in [0.29, 0.717) is 17.3 Å². The molecular weight excluding hydrogens is 428 g/mol. The van der Waals surface area contributed by atoms with Crippen LogP contribution in [0.3, 0.4) is 0 Å². The molecule has 0 heterocycles. The highest BCUT2D eigenvalue weighted by atomic mass is 35.5. The Labute approximate surface area is 182 Å². The number of thioether (sulfide) groups is 1. The predicted octanol–water partition coefficient (Wildman–Crippen LogP) is 4.16. The lowest BCUT2D eigenvalue weighted by molar-refractivity contribution is -0.119. The van der Waals surface area contributed by atoms with Crippen molar-refractivity contribution in [3.63, 3.8) is 0 Å². The van der Waals surface area contributed by atoms with Crippen LogP contribution in [0.2, 0.25) is 5.02 Å². The van der Waals surface area contributed by atoms with Gasteiger partial charge in [0.25, 0.3) is 0 Å². The number of sulfonamides is 1. The Morgan fingerprint density at radius 1 is 1.14 bits per heavy atom. The van der Waals surface area contributed by atoms with Crippen molar-refractivity contribution in [2.45, 2.75) is 26.0 Å². The van der Waals surface area contributed by atoms with Gasteiger partial charge in [-0.25, -0.2) is 8.42 Å². The third-order valence-electron chi connectivity index (χ3n) is 4.43. The van der Waals surface area contributed by atoms with Gasteiger partial charge in [0.05, 0.1) is 11.9 Å². The molecule has 0 saturated carbocycles. The van der Waals surface area contributed by atoms with Gasteiger partial charge >= 0.3 is 0 Å². The summed E-state index contributed by atoms with van der Waals surface area (Å²) in [4.78, 5) is 12.3. The van der Waals surface area contributed by atoms with Crippen molar-refractivity contribution >= 4 is 45.0 Å². The summed E-state index contributed by atoms with van der Waals surface area (Å²) >= 11 is 7.83. The lowest BCUT2D eigenvalue weighted by atomic mass is 10.1. The number of nitrogens with one attached hydrogen (secondary N) is 1. The van der Waals surface area contributed by atoms with E-state index in [4.69, 9.17) is 11.6 Å². The van der Waals surface area contributed by atoms with E-state index in [-0.39, 0.29) is 12.5 Å². The van der Waals surface area contributed by atoms with Gasteiger partial charge in [0.1, 0.15) is 6.54 Å². The number of hydrogen-bond acceptors (Lipinski definition) is 4. The number of benzene rings is 2. The predicted molar refractivity (Wildman–Crippen MR) is 123 cm³/mol. The first-order chi connectivity index (χ1) is 13.7. The average molecular weight is 455 g/mol. The number of amides is 1. The first kappa shape index (κ1) is 23.6. The first-order valence-corrected chi connectivity index (χ1v) is 12.7. The highest BCUT2D eigenvalue weighted by molar-refractivity contribution is 7.98. The highest BCUT2D eigenvalue weighted by Gasteiger charge is 2.22. The summed E-state index contributed by atoms with van der Waals surface area (Å²) in [6.07, 6.45) is 1.90. The summed E-state index contributed by atoms with van der Waals surface area (Å²) in [5, 5.41) is 3.23. The molecule has 2 rings (SSSR count). The minimum atomic E-state index is -3.62. The van der Waals surface area contributed by atoms with Crippen LogP contribution in [-0.2, 0) is 20.6 Å². The molecule has 0 unspecified atom stereocenters. The quantitative estimate of drug-likeness (QED) is 0.547. The summed E-state index contributed by atoms with van der Waals surface area (Å²) in [5.74, 6) is 1.52. The van der Waals surface area contributed by atoms with Gasteiger partial charge in [-0.05, 0) is 54.8 Å². The molecule has 1 amide bonds. The van der Waals surface area contributed by atoms with Crippen LogP contribution in [0, 0.1) is 13.8 Å². The monoisotopic (exact) mass is 454 g/mol. The van der Waals surface area contributed by atoms with Crippen LogP contribution in [-0.4, -0.2) is 39.4 Å². The lowest BCUT2D eigenvalue weighted by Gasteiger charge is -2.23. The molecule has 2 aromatic carbocycles. The number of aryl methyl sites for hydroxylation is 2.